The van der Waals surface area contributed by atoms with E-state index in [-0.39, 0.29) is 6.42 Å². The van der Waals surface area contributed by atoms with E-state index < -0.39 is 11.7 Å². The number of rotatable bonds is 2. The summed E-state index contributed by atoms with van der Waals surface area (Å²) in [5.74, 6) is -0.944. The van der Waals surface area contributed by atoms with Gasteiger partial charge in [0.25, 0.3) is 0 Å². The average Bonchev–Trinajstić information content (AvgIpc) is 1.87. The average molecular weight is 132 g/mol. The minimum atomic E-state index is -0.519. The predicted molar refractivity (Wildman–Crippen MR) is 34.3 cm³/mol. The third-order valence-corrected chi connectivity index (χ3v) is 0.908. The van der Waals surface area contributed by atoms with Gasteiger partial charge in [0.1, 0.15) is 11.7 Å². The van der Waals surface area contributed by atoms with Crippen molar-refractivity contribution in [2.75, 3.05) is 0 Å². The molecule has 0 atom stereocenters. The lowest BCUT2D eigenvalue weighted by molar-refractivity contribution is 0.587. The van der Waals surface area contributed by atoms with Crippen molar-refractivity contribution in [3.05, 3.63) is 23.8 Å². The second kappa shape index (κ2) is 4.24. The number of hydrogen-bond acceptors (Lipinski definition) is 0. The fourth-order valence-corrected chi connectivity index (χ4v) is 0.335. The first-order chi connectivity index (χ1) is 4.20. The Morgan fingerprint density at radius 2 is 2.00 bits per heavy atom. The van der Waals surface area contributed by atoms with Crippen molar-refractivity contribution in [2.45, 2.75) is 20.3 Å². The van der Waals surface area contributed by atoms with Crippen LogP contribution in [0.4, 0.5) is 8.78 Å². The van der Waals surface area contributed by atoms with E-state index in [1.54, 1.807) is 6.92 Å². The first-order valence-electron chi connectivity index (χ1n) is 2.88. The summed E-state index contributed by atoms with van der Waals surface area (Å²) in [6.07, 6.45) is 2.36. The molecule has 52 valence electrons. The van der Waals surface area contributed by atoms with Crippen molar-refractivity contribution in [2.24, 2.45) is 0 Å². The van der Waals surface area contributed by atoms with Gasteiger partial charge in [0.15, 0.2) is 0 Å². The van der Waals surface area contributed by atoms with E-state index in [2.05, 4.69) is 0 Å². The van der Waals surface area contributed by atoms with Crippen molar-refractivity contribution in [3.63, 3.8) is 0 Å². The fraction of sp³-hybridized carbons (Fsp3) is 0.429. The second-order valence-corrected chi connectivity index (χ2v) is 1.62. The van der Waals surface area contributed by atoms with E-state index in [1.165, 1.54) is 13.0 Å². The maximum Gasteiger partial charge on any atom is 0.121 e. The predicted octanol–water partition coefficient (Wildman–Crippen LogP) is 3.12. The van der Waals surface area contributed by atoms with Gasteiger partial charge in [-0.1, -0.05) is 13.0 Å². The molecule has 0 aliphatic rings. The number of halogens is 2. The summed E-state index contributed by atoms with van der Waals surface area (Å²) in [4.78, 5) is 0. The summed E-state index contributed by atoms with van der Waals surface area (Å²) in [5, 5.41) is 0. The molecule has 0 aromatic carbocycles. The van der Waals surface area contributed by atoms with Crippen molar-refractivity contribution in [1.82, 2.24) is 0 Å². The SMILES string of the molecule is C/C=C(F)\C=C(\F)CC. The van der Waals surface area contributed by atoms with Gasteiger partial charge < -0.3 is 0 Å². The van der Waals surface area contributed by atoms with Gasteiger partial charge in [-0.05, 0) is 13.3 Å². The van der Waals surface area contributed by atoms with Crippen LogP contribution >= 0.6 is 0 Å². The molecule has 0 aliphatic heterocycles. The van der Waals surface area contributed by atoms with E-state index in [1.807, 2.05) is 0 Å². The van der Waals surface area contributed by atoms with Crippen molar-refractivity contribution in [1.29, 1.82) is 0 Å². The molecule has 0 unspecified atom stereocenters. The molecule has 0 bridgehead atoms. The molecule has 0 aromatic rings. The molecule has 0 amide bonds. The van der Waals surface area contributed by atoms with E-state index in [0.29, 0.717) is 0 Å². The highest BCUT2D eigenvalue weighted by atomic mass is 19.1. The Kier molecular flexibility index (Phi) is 3.93. The standard InChI is InChI=1S/C7H10F2/c1-3-6(8)5-7(9)4-2/h3,5H,4H2,1-2H3/b6-3+,7-5+. The molecule has 2 heteroatoms. The van der Waals surface area contributed by atoms with E-state index in [4.69, 9.17) is 0 Å². The highest BCUT2D eigenvalue weighted by Gasteiger charge is 1.90. The smallest absolute Gasteiger partial charge is 0.121 e. The Morgan fingerprint density at radius 1 is 1.44 bits per heavy atom. The maximum atomic E-state index is 12.1. The Hall–Kier alpha value is -0.660. The zero-order valence-electron chi connectivity index (χ0n) is 5.62. The molecule has 0 aliphatic carbocycles. The quantitative estimate of drug-likeness (QED) is 0.506. The molecule has 0 saturated heterocycles. The molecule has 9 heavy (non-hydrogen) atoms. The first kappa shape index (κ1) is 8.34. The molecule has 0 rings (SSSR count). The topological polar surface area (TPSA) is 0 Å². The minimum absolute atomic E-state index is 0.251. The zero-order chi connectivity index (χ0) is 7.28. The summed E-state index contributed by atoms with van der Waals surface area (Å²) in [6.45, 7) is 3.16. The Labute approximate surface area is 53.9 Å². The largest absolute Gasteiger partial charge is 0.212 e. The van der Waals surface area contributed by atoms with Crippen LogP contribution < -0.4 is 0 Å². The van der Waals surface area contributed by atoms with Crippen LogP contribution in [-0.4, -0.2) is 0 Å². The molecule has 0 nitrogen and oxygen atoms in total. The van der Waals surface area contributed by atoms with Gasteiger partial charge in [-0.2, -0.15) is 0 Å². The Balaban J connectivity index is 3.95. The number of hydrogen-bond donors (Lipinski definition) is 0. The highest BCUT2D eigenvalue weighted by molar-refractivity contribution is 5.12. The molecule has 0 N–H and O–H groups in total. The molecule has 0 aromatic heterocycles. The third-order valence-electron chi connectivity index (χ3n) is 0.908. The van der Waals surface area contributed by atoms with Crippen molar-refractivity contribution in [3.8, 4) is 0 Å². The minimum Gasteiger partial charge on any atom is -0.212 e. The fourth-order valence-electron chi connectivity index (χ4n) is 0.335. The zero-order valence-corrected chi connectivity index (χ0v) is 5.62. The van der Waals surface area contributed by atoms with Crippen molar-refractivity contribution >= 4 is 0 Å². The molecule has 0 fully saturated rings. The van der Waals surface area contributed by atoms with Crippen LogP contribution in [0, 0.1) is 0 Å². The van der Waals surface area contributed by atoms with Gasteiger partial charge >= 0.3 is 0 Å². The van der Waals surface area contributed by atoms with E-state index in [9.17, 15) is 8.78 Å². The van der Waals surface area contributed by atoms with Crippen LogP contribution in [0.2, 0.25) is 0 Å². The summed E-state index contributed by atoms with van der Waals surface area (Å²) in [6, 6.07) is 0. The van der Waals surface area contributed by atoms with Crippen LogP contribution in [0.1, 0.15) is 20.3 Å². The molecule has 0 spiro atoms. The second-order valence-electron chi connectivity index (χ2n) is 1.62. The normalized spacial score (nSPS) is 14.2. The van der Waals surface area contributed by atoms with E-state index in [0.717, 1.165) is 6.08 Å². The van der Waals surface area contributed by atoms with Gasteiger partial charge in [0, 0.05) is 6.08 Å². The third kappa shape index (κ3) is 3.88. The van der Waals surface area contributed by atoms with Gasteiger partial charge in [0.2, 0.25) is 0 Å². The van der Waals surface area contributed by atoms with Crippen LogP contribution in [0.25, 0.3) is 0 Å². The van der Waals surface area contributed by atoms with Crippen LogP contribution in [0.15, 0.2) is 23.8 Å². The van der Waals surface area contributed by atoms with Gasteiger partial charge in [-0.15, -0.1) is 0 Å². The van der Waals surface area contributed by atoms with Crippen molar-refractivity contribution < 1.29 is 8.78 Å². The Morgan fingerprint density at radius 3 is 2.33 bits per heavy atom. The molecule has 0 saturated carbocycles. The lowest BCUT2D eigenvalue weighted by Crippen LogP contribution is -1.69. The lowest BCUT2D eigenvalue weighted by Gasteiger charge is -1.86. The molecule has 0 radical (unpaired) electrons. The van der Waals surface area contributed by atoms with Crippen LogP contribution in [0.3, 0.4) is 0 Å². The van der Waals surface area contributed by atoms with E-state index >= 15 is 0 Å². The monoisotopic (exact) mass is 132 g/mol. The first-order valence-corrected chi connectivity index (χ1v) is 2.88. The lowest BCUT2D eigenvalue weighted by atomic mass is 10.3. The highest BCUT2D eigenvalue weighted by Crippen LogP contribution is 2.07. The maximum absolute atomic E-state index is 12.1. The van der Waals surface area contributed by atoms with Gasteiger partial charge in [-0.25, -0.2) is 8.78 Å². The summed E-state index contributed by atoms with van der Waals surface area (Å²) >= 11 is 0. The van der Waals surface area contributed by atoms with Gasteiger partial charge in [0.05, 0.1) is 0 Å². The summed E-state index contributed by atoms with van der Waals surface area (Å²) in [7, 11) is 0. The van der Waals surface area contributed by atoms with Crippen LogP contribution in [0.5, 0.6) is 0 Å². The Bertz CT molecular complexity index is 134. The van der Waals surface area contributed by atoms with Gasteiger partial charge in [-0.3, -0.25) is 0 Å². The summed E-state index contributed by atoms with van der Waals surface area (Å²) in [5.41, 5.74) is 0. The molecule has 0 heterocycles. The number of allylic oxidation sites excluding steroid dienone is 4. The molecular weight excluding hydrogens is 122 g/mol. The van der Waals surface area contributed by atoms with Crippen LogP contribution in [-0.2, 0) is 0 Å². The summed E-state index contributed by atoms with van der Waals surface area (Å²) < 4.78 is 24.3. The molecular formula is C7H10F2.